The second-order valence-electron chi connectivity index (χ2n) is 14.2. The highest BCUT2D eigenvalue weighted by Crippen LogP contribution is 2.52. The molecule has 1 N–H and O–H groups in total. The Morgan fingerprint density at radius 1 is 0.913 bits per heavy atom. The Bertz CT molecular complexity index is 1540. The van der Waals surface area contributed by atoms with E-state index in [-0.39, 0.29) is 48.1 Å². The SMILES string of the molecule is Cc1cnc(N2CCC(c3nc4c(c(C5CCC(F)(F)CC5)c3[C@@H](F)c3ccc(C(F)(F)F)cc3)[C@@H](O)CC(C)(C)C4)CC2)nc1. The molecule has 1 saturated carbocycles. The first kappa shape index (κ1) is 32.7. The summed E-state index contributed by atoms with van der Waals surface area (Å²) in [6, 6.07) is 4.02. The molecule has 6 rings (SSSR count). The van der Waals surface area contributed by atoms with Crippen molar-refractivity contribution in [2.24, 2.45) is 5.41 Å². The van der Waals surface area contributed by atoms with Crippen molar-refractivity contribution in [2.45, 2.75) is 108 Å². The van der Waals surface area contributed by atoms with E-state index in [1.807, 2.05) is 20.8 Å². The minimum absolute atomic E-state index is 0.0366. The van der Waals surface area contributed by atoms with E-state index in [1.54, 1.807) is 12.4 Å². The lowest BCUT2D eigenvalue weighted by Crippen LogP contribution is -2.36. The largest absolute Gasteiger partial charge is 0.416 e. The molecule has 2 aliphatic carbocycles. The molecule has 11 heteroatoms. The first-order valence-corrected chi connectivity index (χ1v) is 16.1. The van der Waals surface area contributed by atoms with Gasteiger partial charge in [-0.3, -0.25) is 4.98 Å². The van der Waals surface area contributed by atoms with Crippen LogP contribution in [0.4, 0.5) is 32.3 Å². The molecular weight excluding hydrogens is 606 g/mol. The lowest BCUT2D eigenvalue weighted by molar-refractivity contribution is -0.137. The third kappa shape index (κ3) is 6.62. The number of fused-ring (bicyclic) bond motifs is 1. The molecule has 2 atom stereocenters. The van der Waals surface area contributed by atoms with E-state index in [4.69, 9.17) is 4.98 Å². The smallest absolute Gasteiger partial charge is 0.388 e. The summed E-state index contributed by atoms with van der Waals surface area (Å²) in [5, 5.41) is 11.5. The van der Waals surface area contributed by atoms with Crippen LogP contribution in [0.25, 0.3) is 0 Å². The van der Waals surface area contributed by atoms with Crippen molar-refractivity contribution in [3.63, 3.8) is 0 Å². The molecule has 0 bridgehead atoms. The zero-order valence-electron chi connectivity index (χ0n) is 26.3. The first-order chi connectivity index (χ1) is 21.6. The van der Waals surface area contributed by atoms with Gasteiger partial charge in [0.15, 0.2) is 6.17 Å². The normalized spacial score (nSPS) is 22.8. The highest BCUT2D eigenvalue weighted by atomic mass is 19.4. The molecule has 2 fully saturated rings. The first-order valence-electron chi connectivity index (χ1n) is 16.1. The van der Waals surface area contributed by atoms with Crippen LogP contribution in [0, 0.1) is 12.3 Å². The maximum atomic E-state index is 17.1. The van der Waals surface area contributed by atoms with Gasteiger partial charge in [-0.25, -0.2) is 23.1 Å². The minimum atomic E-state index is -4.58. The van der Waals surface area contributed by atoms with Crippen molar-refractivity contribution in [3.05, 3.63) is 81.4 Å². The van der Waals surface area contributed by atoms with Crippen LogP contribution in [0.1, 0.15) is 128 Å². The number of benzene rings is 1. The molecule has 2 aromatic heterocycles. The molecule has 0 unspecified atom stereocenters. The molecule has 1 aliphatic heterocycles. The number of pyridine rings is 1. The van der Waals surface area contributed by atoms with Crippen molar-refractivity contribution in [3.8, 4) is 0 Å². The van der Waals surface area contributed by atoms with Gasteiger partial charge in [0.2, 0.25) is 11.9 Å². The van der Waals surface area contributed by atoms with E-state index < -0.39 is 35.9 Å². The topological polar surface area (TPSA) is 62.1 Å². The van der Waals surface area contributed by atoms with Crippen LogP contribution in [0.15, 0.2) is 36.7 Å². The fourth-order valence-corrected chi connectivity index (χ4v) is 7.62. The predicted octanol–water partition coefficient (Wildman–Crippen LogP) is 8.94. The molecule has 5 nitrogen and oxygen atoms in total. The van der Waals surface area contributed by atoms with Crippen LogP contribution in [0.3, 0.4) is 0 Å². The molecule has 248 valence electrons. The average molecular weight is 647 g/mol. The highest BCUT2D eigenvalue weighted by molar-refractivity contribution is 5.51. The quantitative estimate of drug-likeness (QED) is 0.281. The molecular formula is C35H40F6N4O. The van der Waals surface area contributed by atoms with E-state index in [1.165, 1.54) is 0 Å². The maximum absolute atomic E-state index is 17.1. The van der Waals surface area contributed by atoms with Gasteiger partial charge in [-0.2, -0.15) is 13.2 Å². The lowest BCUT2D eigenvalue weighted by Gasteiger charge is -2.41. The molecule has 3 heterocycles. The van der Waals surface area contributed by atoms with Gasteiger partial charge in [-0.15, -0.1) is 0 Å². The van der Waals surface area contributed by atoms with Crippen molar-refractivity contribution < 1.29 is 31.4 Å². The fraction of sp³-hybridized carbons (Fsp3) is 0.571. The van der Waals surface area contributed by atoms with Crippen LogP contribution in [-0.4, -0.2) is 39.1 Å². The Morgan fingerprint density at radius 3 is 2.11 bits per heavy atom. The van der Waals surface area contributed by atoms with Crippen LogP contribution < -0.4 is 4.90 Å². The summed E-state index contributed by atoms with van der Waals surface area (Å²) in [6.07, 6.45) is -2.20. The minimum Gasteiger partial charge on any atom is -0.388 e. The molecule has 1 saturated heterocycles. The monoisotopic (exact) mass is 646 g/mol. The van der Waals surface area contributed by atoms with Gasteiger partial charge in [0, 0.05) is 61.1 Å². The zero-order valence-corrected chi connectivity index (χ0v) is 26.3. The van der Waals surface area contributed by atoms with Gasteiger partial charge in [-0.1, -0.05) is 26.0 Å². The highest BCUT2D eigenvalue weighted by Gasteiger charge is 2.43. The van der Waals surface area contributed by atoms with Crippen LogP contribution in [0.2, 0.25) is 0 Å². The molecule has 3 aromatic rings. The van der Waals surface area contributed by atoms with Crippen molar-refractivity contribution in [1.82, 2.24) is 15.0 Å². The summed E-state index contributed by atoms with van der Waals surface area (Å²) < 4.78 is 86.1. The summed E-state index contributed by atoms with van der Waals surface area (Å²) in [6.45, 7) is 7.15. The van der Waals surface area contributed by atoms with E-state index in [2.05, 4.69) is 14.9 Å². The Labute approximate surface area is 265 Å². The van der Waals surface area contributed by atoms with E-state index >= 15 is 4.39 Å². The number of halogens is 6. The lowest BCUT2D eigenvalue weighted by atomic mass is 9.68. The predicted molar refractivity (Wildman–Crippen MR) is 163 cm³/mol. The molecule has 0 amide bonds. The number of hydrogen-bond acceptors (Lipinski definition) is 5. The van der Waals surface area contributed by atoms with E-state index in [9.17, 15) is 27.1 Å². The Balaban J connectivity index is 1.47. The second-order valence-corrected chi connectivity index (χ2v) is 14.2. The number of aromatic nitrogens is 3. The average Bonchev–Trinajstić information content (AvgIpc) is 2.99. The van der Waals surface area contributed by atoms with Gasteiger partial charge in [0.25, 0.3) is 0 Å². The molecule has 0 spiro atoms. The molecule has 46 heavy (non-hydrogen) atoms. The summed E-state index contributed by atoms with van der Waals surface area (Å²) in [4.78, 5) is 16.1. The number of rotatable bonds is 5. The fourth-order valence-electron chi connectivity index (χ4n) is 7.62. The summed E-state index contributed by atoms with van der Waals surface area (Å²) in [7, 11) is 0. The van der Waals surface area contributed by atoms with Crippen molar-refractivity contribution in [2.75, 3.05) is 18.0 Å². The number of aryl methyl sites for hydroxylation is 1. The number of anilines is 1. The van der Waals surface area contributed by atoms with Gasteiger partial charge in [0.1, 0.15) is 0 Å². The third-order valence-corrected chi connectivity index (χ3v) is 9.99. The zero-order chi connectivity index (χ0) is 33.0. The van der Waals surface area contributed by atoms with Crippen LogP contribution in [-0.2, 0) is 12.6 Å². The van der Waals surface area contributed by atoms with Crippen LogP contribution in [0.5, 0.6) is 0 Å². The Hall–Kier alpha value is -3.21. The van der Waals surface area contributed by atoms with Gasteiger partial charge < -0.3 is 10.0 Å². The standard InChI is InChI=1S/C35H40F6N4O/c1-20-18-42-32(43-19-20)45-14-10-23(11-15-45)31-29(30(36)22-4-6-24(7-5-22)35(39,40)41)27(21-8-12-34(37,38)13-9-21)28-25(44-31)16-33(2,3)17-26(28)46/h4-7,18-19,21,23,26,30,46H,8-17H2,1-3H3/t26-,30-/m0/s1. The number of piperidine rings is 1. The van der Waals surface area contributed by atoms with E-state index in [0.717, 1.165) is 29.8 Å². The summed E-state index contributed by atoms with van der Waals surface area (Å²) in [5.74, 6) is -2.85. The van der Waals surface area contributed by atoms with Gasteiger partial charge in [-0.05, 0) is 85.6 Å². The van der Waals surface area contributed by atoms with Gasteiger partial charge >= 0.3 is 6.18 Å². The van der Waals surface area contributed by atoms with Crippen molar-refractivity contribution in [1.29, 1.82) is 0 Å². The Morgan fingerprint density at radius 2 is 1.52 bits per heavy atom. The van der Waals surface area contributed by atoms with Crippen molar-refractivity contribution >= 4 is 5.95 Å². The maximum Gasteiger partial charge on any atom is 0.416 e. The number of alkyl halides is 6. The summed E-state index contributed by atoms with van der Waals surface area (Å²) in [5.41, 5.74) is 2.29. The summed E-state index contributed by atoms with van der Waals surface area (Å²) >= 11 is 0. The Kier molecular flexibility index (Phi) is 8.61. The number of nitrogens with zero attached hydrogens (tertiary/aromatic N) is 4. The second kappa shape index (κ2) is 12.1. The van der Waals surface area contributed by atoms with Gasteiger partial charge in [0.05, 0.1) is 17.4 Å². The van der Waals surface area contributed by atoms with Crippen LogP contribution >= 0.6 is 0 Å². The number of hydrogen-bond donors (Lipinski definition) is 1. The molecule has 0 radical (unpaired) electrons. The number of aliphatic hydroxyl groups excluding tert-OH is 1. The third-order valence-electron chi connectivity index (χ3n) is 9.99. The van der Waals surface area contributed by atoms with E-state index in [0.29, 0.717) is 67.2 Å². The number of aliphatic hydroxyl groups is 1. The molecule has 3 aliphatic rings. The molecule has 1 aromatic carbocycles.